The van der Waals surface area contributed by atoms with E-state index in [4.69, 9.17) is 4.74 Å². The van der Waals surface area contributed by atoms with Crippen LogP contribution in [0.25, 0.3) is 0 Å². The van der Waals surface area contributed by atoms with Crippen LogP contribution < -0.4 is 0 Å². The zero-order chi connectivity index (χ0) is 8.72. The second kappa shape index (κ2) is 2.59. The summed E-state index contributed by atoms with van der Waals surface area (Å²) in [5.41, 5.74) is 1.44. The van der Waals surface area contributed by atoms with Crippen molar-refractivity contribution < 1.29 is 14.6 Å². The van der Waals surface area contributed by atoms with Crippen LogP contribution in [0.15, 0.2) is 11.1 Å². The van der Waals surface area contributed by atoms with Crippen LogP contribution in [0.5, 0.6) is 0 Å². The minimum absolute atomic E-state index is 0.124. The summed E-state index contributed by atoms with van der Waals surface area (Å²) in [6, 6.07) is 0. The predicted molar refractivity (Wildman–Crippen MR) is 42.4 cm³/mol. The van der Waals surface area contributed by atoms with E-state index in [0.717, 1.165) is 24.8 Å². The molecule has 1 heterocycles. The molecule has 66 valence electrons. The van der Waals surface area contributed by atoms with E-state index >= 15 is 0 Å². The van der Waals surface area contributed by atoms with Gasteiger partial charge in [0.2, 0.25) is 0 Å². The van der Waals surface area contributed by atoms with Crippen molar-refractivity contribution in [2.24, 2.45) is 0 Å². The van der Waals surface area contributed by atoms with Gasteiger partial charge in [0.05, 0.1) is 6.10 Å². The topological polar surface area (TPSA) is 46.5 Å². The molecule has 0 amide bonds. The number of hydrogen-bond donors (Lipinski definition) is 1. The summed E-state index contributed by atoms with van der Waals surface area (Å²) in [6.45, 7) is 1.73. The zero-order valence-corrected chi connectivity index (χ0v) is 7.04. The SMILES string of the molecule is CC1=C2[C@H](O)CCC[C@@H]2OC1=O. The van der Waals surface area contributed by atoms with Crippen molar-refractivity contribution in [3.8, 4) is 0 Å². The lowest BCUT2D eigenvalue weighted by Gasteiger charge is -2.24. The first-order valence-corrected chi connectivity index (χ1v) is 4.30. The van der Waals surface area contributed by atoms with E-state index in [9.17, 15) is 9.90 Å². The number of carbonyl (C=O) groups is 1. The Morgan fingerprint density at radius 1 is 1.50 bits per heavy atom. The summed E-state index contributed by atoms with van der Waals surface area (Å²) in [5, 5.41) is 9.58. The molecule has 3 heteroatoms. The van der Waals surface area contributed by atoms with Crippen LogP contribution >= 0.6 is 0 Å². The maximum atomic E-state index is 11.1. The van der Waals surface area contributed by atoms with Gasteiger partial charge in [-0.2, -0.15) is 0 Å². The first kappa shape index (κ1) is 7.80. The average Bonchev–Trinajstić information content (AvgIpc) is 2.29. The second-order valence-corrected chi connectivity index (χ2v) is 3.42. The van der Waals surface area contributed by atoms with Crippen molar-refractivity contribution in [1.29, 1.82) is 0 Å². The summed E-state index contributed by atoms with van der Waals surface area (Å²) in [6.07, 6.45) is 2.00. The molecular weight excluding hydrogens is 156 g/mol. The van der Waals surface area contributed by atoms with Crippen molar-refractivity contribution in [1.82, 2.24) is 0 Å². The molecule has 0 aromatic heterocycles. The monoisotopic (exact) mass is 168 g/mol. The van der Waals surface area contributed by atoms with Crippen LogP contribution in [0, 0.1) is 0 Å². The molecule has 1 fully saturated rings. The number of carbonyl (C=O) groups excluding carboxylic acids is 1. The van der Waals surface area contributed by atoms with Crippen molar-refractivity contribution in [3.63, 3.8) is 0 Å². The largest absolute Gasteiger partial charge is 0.454 e. The highest BCUT2D eigenvalue weighted by Gasteiger charge is 2.37. The Morgan fingerprint density at radius 2 is 2.25 bits per heavy atom. The molecule has 12 heavy (non-hydrogen) atoms. The van der Waals surface area contributed by atoms with E-state index in [1.807, 2.05) is 0 Å². The van der Waals surface area contributed by atoms with Gasteiger partial charge >= 0.3 is 5.97 Å². The Hall–Kier alpha value is -0.830. The Morgan fingerprint density at radius 3 is 2.92 bits per heavy atom. The van der Waals surface area contributed by atoms with Gasteiger partial charge in [0.25, 0.3) is 0 Å². The summed E-state index contributed by atoms with van der Waals surface area (Å²) in [7, 11) is 0. The third kappa shape index (κ3) is 0.966. The van der Waals surface area contributed by atoms with E-state index in [1.54, 1.807) is 6.92 Å². The smallest absolute Gasteiger partial charge is 0.334 e. The van der Waals surface area contributed by atoms with Crippen LogP contribution in [-0.4, -0.2) is 23.3 Å². The molecule has 1 N–H and O–H groups in total. The average molecular weight is 168 g/mol. The molecule has 3 nitrogen and oxygen atoms in total. The van der Waals surface area contributed by atoms with Crippen LogP contribution in [0.4, 0.5) is 0 Å². The van der Waals surface area contributed by atoms with E-state index in [-0.39, 0.29) is 12.1 Å². The molecule has 0 bridgehead atoms. The summed E-state index contributed by atoms with van der Waals surface area (Å²) in [5.74, 6) is -0.254. The molecule has 0 unspecified atom stereocenters. The van der Waals surface area contributed by atoms with Gasteiger partial charge in [-0.15, -0.1) is 0 Å². The lowest BCUT2D eigenvalue weighted by molar-refractivity contribution is -0.140. The third-order valence-electron chi connectivity index (χ3n) is 2.64. The minimum Gasteiger partial charge on any atom is -0.454 e. The number of aliphatic hydroxyl groups excluding tert-OH is 1. The molecule has 0 spiro atoms. The Labute approximate surface area is 71.0 Å². The van der Waals surface area contributed by atoms with Gasteiger partial charge in [0.15, 0.2) is 0 Å². The van der Waals surface area contributed by atoms with Gasteiger partial charge in [-0.05, 0) is 26.2 Å². The number of fused-ring (bicyclic) bond motifs is 1. The third-order valence-corrected chi connectivity index (χ3v) is 2.64. The van der Waals surface area contributed by atoms with E-state index < -0.39 is 6.10 Å². The van der Waals surface area contributed by atoms with Crippen molar-refractivity contribution in [3.05, 3.63) is 11.1 Å². The van der Waals surface area contributed by atoms with Crippen LogP contribution in [0.2, 0.25) is 0 Å². The van der Waals surface area contributed by atoms with Gasteiger partial charge in [-0.3, -0.25) is 0 Å². The first-order valence-electron chi connectivity index (χ1n) is 4.30. The molecular formula is C9H12O3. The Bertz CT molecular complexity index is 254. The normalized spacial score (nSPS) is 35.0. The zero-order valence-electron chi connectivity index (χ0n) is 7.04. The highest BCUT2D eigenvalue weighted by molar-refractivity contribution is 5.92. The quantitative estimate of drug-likeness (QED) is 0.543. The van der Waals surface area contributed by atoms with Crippen molar-refractivity contribution >= 4 is 5.97 Å². The number of ether oxygens (including phenoxy) is 1. The van der Waals surface area contributed by atoms with Gasteiger partial charge in [0, 0.05) is 11.1 Å². The summed E-state index contributed by atoms with van der Waals surface area (Å²) in [4.78, 5) is 11.1. The van der Waals surface area contributed by atoms with E-state index in [2.05, 4.69) is 0 Å². The van der Waals surface area contributed by atoms with Crippen LogP contribution in [-0.2, 0) is 9.53 Å². The molecule has 0 aromatic rings. The van der Waals surface area contributed by atoms with Crippen molar-refractivity contribution in [2.45, 2.75) is 38.4 Å². The molecule has 2 rings (SSSR count). The van der Waals surface area contributed by atoms with Crippen LogP contribution in [0.1, 0.15) is 26.2 Å². The molecule has 1 saturated carbocycles. The Kier molecular flexibility index (Phi) is 1.68. The minimum atomic E-state index is -0.449. The highest BCUT2D eigenvalue weighted by atomic mass is 16.5. The molecule has 2 aliphatic rings. The number of rotatable bonds is 0. The lowest BCUT2D eigenvalue weighted by atomic mass is 9.88. The number of aliphatic hydroxyl groups is 1. The van der Waals surface area contributed by atoms with Gasteiger partial charge in [-0.25, -0.2) is 4.79 Å². The van der Waals surface area contributed by atoms with Gasteiger partial charge in [0.1, 0.15) is 6.10 Å². The van der Waals surface area contributed by atoms with Crippen molar-refractivity contribution in [2.75, 3.05) is 0 Å². The molecule has 0 aromatic carbocycles. The van der Waals surface area contributed by atoms with E-state index in [1.165, 1.54) is 0 Å². The Balaban J connectivity index is 2.34. The summed E-state index contributed by atoms with van der Waals surface area (Å²) >= 11 is 0. The van der Waals surface area contributed by atoms with Gasteiger partial charge in [-0.1, -0.05) is 0 Å². The molecule has 0 radical (unpaired) electrons. The predicted octanol–water partition coefficient (Wildman–Crippen LogP) is 0.773. The lowest BCUT2D eigenvalue weighted by Crippen LogP contribution is -2.26. The van der Waals surface area contributed by atoms with Gasteiger partial charge < -0.3 is 9.84 Å². The molecule has 1 aliphatic carbocycles. The second-order valence-electron chi connectivity index (χ2n) is 3.42. The standard InChI is InChI=1S/C9H12O3/c1-5-8-6(10)3-2-4-7(8)12-9(5)11/h6-7,10H,2-4H2,1H3/t6-,7+/m1/s1. The fourth-order valence-electron chi connectivity index (χ4n) is 1.97. The number of hydrogen-bond acceptors (Lipinski definition) is 3. The fraction of sp³-hybridized carbons (Fsp3) is 0.667. The maximum Gasteiger partial charge on any atom is 0.334 e. The highest BCUT2D eigenvalue weighted by Crippen LogP contribution is 2.34. The fourth-order valence-corrected chi connectivity index (χ4v) is 1.97. The summed E-state index contributed by atoms with van der Waals surface area (Å²) < 4.78 is 5.07. The number of esters is 1. The van der Waals surface area contributed by atoms with E-state index in [0.29, 0.717) is 5.57 Å². The first-order chi connectivity index (χ1) is 5.70. The molecule has 0 saturated heterocycles. The van der Waals surface area contributed by atoms with Crippen LogP contribution in [0.3, 0.4) is 0 Å². The molecule has 2 atom stereocenters. The molecule has 1 aliphatic heterocycles. The maximum absolute atomic E-state index is 11.1.